The maximum Gasteiger partial charge on any atom is 0.0417 e. The average molecular weight is 261 g/mol. The van der Waals surface area contributed by atoms with Gasteiger partial charge >= 0.3 is 0 Å². The molecule has 2 unspecified atom stereocenters. The minimum atomic E-state index is 0.565. The van der Waals surface area contributed by atoms with Gasteiger partial charge in [-0.1, -0.05) is 37.1 Å². The molecule has 2 aliphatic rings. The molecular formula is C16H23NS. The Labute approximate surface area is 115 Å². The summed E-state index contributed by atoms with van der Waals surface area (Å²) >= 11 is 2.07. The van der Waals surface area contributed by atoms with Crippen LogP contribution < -0.4 is 5.32 Å². The highest BCUT2D eigenvalue weighted by molar-refractivity contribution is 7.98. The van der Waals surface area contributed by atoms with Crippen LogP contribution in [-0.4, -0.2) is 11.8 Å². The van der Waals surface area contributed by atoms with Crippen molar-refractivity contribution in [3.8, 4) is 0 Å². The largest absolute Gasteiger partial charge is 0.306 e. The van der Waals surface area contributed by atoms with Crippen LogP contribution in [0.15, 0.2) is 24.3 Å². The van der Waals surface area contributed by atoms with Crippen LogP contribution in [0.2, 0.25) is 0 Å². The first-order valence-corrected chi connectivity index (χ1v) is 8.41. The van der Waals surface area contributed by atoms with Crippen LogP contribution in [-0.2, 0) is 5.75 Å². The Balaban J connectivity index is 1.70. The lowest BCUT2D eigenvalue weighted by molar-refractivity contribution is 0.353. The summed E-state index contributed by atoms with van der Waals surface area (Å²) in [5, 5.41) is 3.90. The number of hydrogen-bond donors (Lipinski definition) is 1. The molecule has 2 heteroatoms. The van der Waals surface area contributed by atoms with E-state index in [1.165, 1.54) is 42.8 Å². The quantitative estimate of drug-likeness (QED) is 0.877. The number of hydrogen-bond acceptors (Lipinski definition) is 2. The smallest absolute Gasteiger partial charge is 0.0417 e. The molecule has 1 aliphatic carbocycles. The highest BCUT2D eigenvalue weighted by Gasteiger charge is 2.26. The van der Waals surface area contributed by atoms with E-state index in [0.29, 0.717) is 12.1 Å². The molecule has 0 aromatic heterocycles. The van der Waals surface area contributed by atoms with E-state index in [0.717, 1.165) is 5.92 Å². The standard InChI is InChI=1S/C16H23NS/c1-12(13-6-2-3-7-13)17-16-11-18-10-14-8-4-5-9-15(14)16/h4-5,8-9,12-13,16-17H,2-3,6-7,10-11H2,1H3. The van der Waals surface area contributed by atoms with Gasteiger partial charge in [-0.15, -0.1) is 0 Å². The summed E-state index contributed by atoms with van der Waals surface area (Å²) in [5.74, 6) is 3.32. The Morgan fingerprint density at radius 3 is 2.83 bits per heavy atom. The fraction of sp³-hybridized carbons (Fsp3) is 0.625. The van der Waals surface area contributed by atoms with E-state index >= 15 is 0 Å². The van der Waals surface area contributed by atoms with Gasteiger partial charge in [0.2, 0.25) is 0 Å². The van der Waals surface area contributed by atoms with Crippen LogP contribution in [0.3, 0.4) is 0 Å². The van der Waals surface area contributed by atoms with Gasteiger partial charge in [-0.25, -0.2) is 0 Å². The number of rotatable bonds is 3. The van der Waals surface area contributed by atoms with Gasteiger partial charge in [0.25, 0.3) is 0 Å². The lowest BCUT2D eigenvalue weighted by atomic mass is 9.96. The number of fused-ring (bicyclic) bond motifs is 1. The van der Waals surface area contributed by atoms with Crippen molar-refractivity contribution in [2.45, 2.75) is 50.4 Å². The summed E-state index contributed by atoms with van der Waals surface area (Å²) in [5.41, 5.74) is 3.07. The summed E-state index contributed by atoms with van der Waals surface area (Å²) < 4.78 is 0. The Morgan fingerprint density at radius 2 is 2.00 bits per heavy atom. The molecule has 0 radical (unpaired) electrons. The fourth-order valence-corrected chi connectivity index (χ4v) is 4.54. The number of nitrogens with one attached hydrogen (secondary N) is 1. The second kappa shape index (κ2) is 5.66. The normalized spacial score (nSPS) is 25.9. The van der Waals surface area contributed by atoms with Crippen molar-refractivity contribution < 1.29 is 0 Å². The van der Waals surface area contributed by atoms with E-state index in [1.54, 1.807) is 5.56 Å². The second-order valence-corrected chi connectivity index (χ2v) is 6.80. The van der Waals surface area contributed by atoms with Crippen molar-refractivity contribution in [3.63, 3.8) is 0 Å². The summed E-state index contributed by atoms with van der Waals surface area (Å²) in [6, 6.07) is 10.2. The summed E-state index contributed by atoms with van der Waals surface area (Å²) in [6.07, 6.45) is 5.73. The van der Waals surface area contributed by atoms with Crippen LogP contribution >= 0.6 is 11.8 Å². The molecule has 98 valence electrons. The SMILES string of the molecule is CC(NC1CSCc2ccccc21)C1CCCC1. The van der Waals surface area contributed by atoms with E-state index < -0.39 is 0 Å². The van der Waals surface area contributed by atoms with E-state index in [2.05, 4.69) is 48.3 Å². The topological polar surface area (TPSA) is 12.0 Å². The predicted molar refractivity (Wildman–Crippen MR) is 79.9 cm³/mol. The fourth-order valence-electron chi connectivity index (χ4n) is 3.43. The van der Waals surface area contributed by atoms with Gasteiger partial charge < -0.3 is 5.32 Å². The Morgan fingerprint density at radius 1 is 1.22 bits per heavy atom. The van der Waals surface area contributed by atoms with E-state index in [9.17, 15) is 0 Å². The molecule has 1 heterocycles. The molecule has 1 aromatic rings. The first-order valence-electron chi connectivity index (χ1n) is 7.26. The average Bonchev–Trinajstić information content (AvgIpc) is 2.93. The molecule has 3 rings (SSSR count). The van der Waals surface area contributed by atoms with Crippen molar-refractivity contribution in [3.05, 3.63) is 35.4 Å². The van der Waals surface area contributed by atoms with Crippen LogP contribution in [0.1, 0.15) is 49.8 Å². The molecule has 18 heavy (non-hydrogen) atoms. The number of thioether (sulfide) groups is 1. The molecule has 1 saturated carbocycles. The third-order valence-corrected chi connectivity index (χ3v) is 5.63. The minimum Gasteiger partial charge on any atom is -0.306 e. The zero-order valence-corrected chi connectivity index (χ0v) is 12.0. The molecule has 2 atom stereocenters. The van der Waals surface area contributed by atoms with Gasteiger partial charge in [-0.3, -0.25) is 0 Å². The highest BCUT2D eigenvalue weighted by Crippen LogP contribution is 2.34. The molecule has 1 fully saturated rings. The minimum absolute atomic E-state index is 0.565. The monoisotopic (exact) mass is 261 g/mol. The van der Waals surface area contributed by atoms with Gasteiger partial charge in [0.05, 0.1) is 0 Å². The van der Waals surface area contributed by atoms with Crippen molar-refractivity contribution in [1.29, 1.82) is 0 Å². The van der Waals surface area contributed by atoms with Crippen molar-refractivity contribution in [2.75, 3.05) is 5.75 Å². The predicted octanol–water partition coefficient (Wildman–Crippen LogP) is 4.14. The van der Waals surface area contributed by atoms with Crippen LogP contribution in [0, 0.1) is 5.92 Å². The van der Waals surface area contributed by atoms with Crippen LogP contribution in [0.25, 0.3) is 0 Å². The Bertz CT molecular complexity index is 398. The third-order valence-electron chi connectivity index (χ3n) is 4.54. The molecule has 0 amide bonds. The number of benzene rings is 1. The van der Waals surface area contributed by atoms with Crippen LogP contribution in [0.5, 0.6) is 0 Å². The lowest BCUT2D eigenvalue weighted by Crippen LogP contribution is -2.37. The third kappa shape index (κ3) is 2.60. The first kappa shape index (κ1) is 12.6. The molecule has 1 aliphatic heterocycles. The van der Waals surface area contributed by atoms with Gasteiger partial charge in [0.1, 0.15) is 0 Å². The molecule has 1 N–H and O–H groups in total. The zero-order valence-electron chi connectivity index (χ0n) is 11.2. The lowest BCUT2D eigenvalue weighted by Gasteiger charge is -2.31. The summed E-state index contributed by atoms with van der Waals surface area (Å²) in [7, 11) is 0. The summed E-state index contributed by atoms with van der Waals surface area (Å²) in [6.45, 7) is 2.39. The van der Waals surface area contributed by atoms with E-state index in [-0.39, 0.29) is 0 Å². The molecule has 1 aromatic carbocycles. The molecule has 0 spiro atoms. The van der Waals surface area contributed by atoms with Gasteiger partial charge in [-0.2, -0.15) is 11.8 Å². The molecule has 0 bridgehead atoms. The van der Waals surface area contributed by atoms with Gasteiger partial charge in [0.15, 0.2) is 0 Å². The van der Waals surface area contributed by atoms with Crippen molar-refractivity contribution >= 4 is 11.8 Å². The summed E-state index contributed by atoms with van der Waals surface area (Å²) in [4.78, 5) is 0. The zero-order chi connectivity index (χ0) is 12.4. The Kier molecular flexibility index (Phi) is 3.95. The van der Waals surface area contributed by atoms with Crippen molar-refractivity contribution in [1.82, 2.24) is 5.32 Å². The second-order valence-electron chi connectivity index (χ2n) is 5.77. The van der Waals surface area contributed by atoms with E-state index in [4.69, 9.17) is 0 Å². The van der Waals surface area contributed by atoms with Crippen molar-refractivity contribution in [2.24, 2.45) is 5.92 Å². The van der Waals surface area contributed by atoms with Gasteiger partial charge in [-0.05, 0) is 36.8 Å². The first-order chi connectivity index (χ1) is 8.84. The van der Waals surface area contributed by atoms with Gasteiger partial charge in [0, 0.05) is 23.6 Å². The molecule has 0 saturated heterocycles. The maximum atomic E-state index is 3.90. The maximum absolute atomic E-state index is 3.90. The van der Waals surface area contributed by atoms with E-state index in [1.807, 2.05) is 0 Å². The Hall–Kier alpha value is -0.470. The highest BCUT2D eigenvalue weighted by atomic mass is 32.2. The molecular weight excluding hydrogens is 238 g/mol. The molecule has 1 nitrogen and oxygen atoms in total. The van der Waals surface area contributed by atoms with Crippen LogP contribution in [0.4, 0.5) is 0 Å².